The topological polar surface area (TPSA) is 84.5 Å². The van der Waals surface area contributed by atoms with Crippen molar-refractivity contribution < 1.29 is 19.1 Å². The molecular weight excluding hydrogens is 296 g/mol. The SMILES string of the molecule is COC(=O)c1ccc(/C=C/C(=O)NCCNC(=O)C2CC2)cc1. The van der Waals surface area contributed by atoms with Gasteiger partial charge in [-0.2, -0.15) is 0 Å². The summed E-state index contributed by atoms with van der Waals surface area (Å²) in [7, 11) is 1.33. The second kappa shape index (κ2) is 8.12. The Hall–Kier alpha value is -2.63. The van der Waals surface area contributed by atoms with Gasteiger partial charge in [-0.1, -0.05) is 12.1 Å². The van der Waals surface area contributed by atoms with Gasteiger partial charge < -0.3 is 15.4 Å². The Morgan fingerprint density at radius 1 is 1.13 bits per heavy atom. The van der Waals surface area contributed by atoms with Crippen molar-refractivity contribution in [1.29, 1.82) is 0 Å². The molecule has 6 nitrogen and oxygen atoms in total. The van der Waals surface area contributed by atoms with Crippen LogP contribution >= 0.6 is 0 Å². The lowest BCUT2D eigenvalue weighted by atomic mass is 10.1. The van der Waals surface area contributed by atoms with E-state index in [0.29, 0.717) is 18.7 Å². The summed E-state index contributed by atoms with van der Waals surface area (Å²) in [5, 5.41) is 5.47. The molecule has 1 aliphatic carbocycles. The molecule has 1 fully saturated rings. The molecule has 0 aliphatic heterocycles. The van der Waals surface area contributed by atoms with Gasteiger partial charge in [0, 0.05) is 25.1 Å². The standard InChI is InChI=1S/C17H20N2O4/c1-23-17(22)14-5-2-12(3-6-14)4-9-15(20)18-10-11-19-16(21)13-7-8-13/h2-6,9,13H,7-8,10-11H2,1H3,(H,18,20)(H,19,21)/b9-4+. The maximum Gasteiger partial charge on any atom is 0.337 e. The summed E-state index contributed by atoms with van der Waals surface area (Å²) in [5.74, 6) is -0.381. The van der Waals surface area contributed by atoms with Gasteiger partial charge in [-0.05, 0) is 36.6 Å². The van der Waals surface area contributed by atoms with Crippen molar-refractivity contribution in [3.63, 3.8) is 0 Å². The van der Waals surface area contributed by atoms with Gasteiger partial charge in [0.05, 0.1) is 12.7 Å². The molecule has 1 aromatic carbocycles. The van der Waals surface area contributed by atoms with Gasteiger partial charge in [0.2, 0.25) is 11.8 Å². The largest absolute Gasteiger partial charge is 0.465 e. The molecule has 0 spiro atoms. The minimum atomic E-state index is -0.397. The van der Waals surface area contributed by atoms with E-state index in [9.17, 15) is 14.4 Å². The molecule has 1 saturated carbocycles. The van der Waals surface area contributed by atoms with Crippen LogP contribution in [0, 0.1) is 5.92 Å². The summed E-state index contributed by atoms with van der Waals surface area (Å²) in [6, 6.07) is 6.73. The van der Waals surface area contributed by atoms with Crippen molar-refractivity contribution in [2.24, 2.45) is 5.92 Å². The summed E-state index contributed by atoms with van der Waals surface area (Å²) in [6.07, 6.45) is 5.00. The first kappa shape index (κ1) is 16.7. The van der Waals surface area contributed by atoms with Gasteiger partial charge in [-0.3, -0.25) is 9.59 Å². The Bertz CT molecular complexity index is 604. The lowest BCUT2D eigenvalue weighted by Gasteiger charge is -2.04. The summed E-state index contributed by atoms with van der Waals surface area (Å²) < 4.78 is 4.61. The van der Waals surface area contributed by atoms with Gasteiger partial charge in [0.1, 0.15) is 0 Å². The minimum Gasteiger partial charge on any atom is -0.465 e. The average molecular weight is 316 g/mol. The highest BCUT2D eigenvalue weighted by Crippen LogP contribution is 2.28. The number of nitrogens with one attached hydrogen (secondary N) is 2. The van der Waals surface area contributed by atoms with Gasteiger partial charge >= 0.3 is 5.97 Å². The number of carbonyl (C=O) groups excluding carboxylic acids is 3. The van der Waals surface area contributed by atoms with Crippen molar-refractivity contribution in [1.82, 2.24) is 10.6 Å². The van der Waals surface area contributed by atoms with E-state index in [2.05, 4.69) is 15.4 Å². The Morgan fingerprint density at radius 2 is 1.78 bits per heavy atom. The molecule has 2 rings (SSSR count). The number of hydrogen-bond acceptors (Lipinski definition) is 4. The van der Waals surface area contributed by atoms with Gasteiger partial charge in [0.25, 0.3) is 0 Å². The van der Waals surface area contributed by atoms with Crippen LogP contribution in [0.2, 0.25) is 0 Å². The van der Waals surface area contributed by atoms with E-state index in [4.69, 9.17) is 0 Å². The van der Waals surface area contributed by atoms with Crippen LogP contribution in [0.3, 0.4) is 0 Å². The van der Waals surface area contributed by atoms with E-state index in [-0.39, 0.29) is 17.7 Å². The van der Waals surface area contributed by atoms with Crippen molar-refractivity contribution in [2.45, 2.75) is 12.8 Å². The highest BCUT2D eigenvalue weighted by Gasteiger charge is 2.28. The predicted molar refractivity (Wildman–Crippen MR) is 85.6 cm³/mol. The summed E-state index contributed by atoms with van der Waals surface area (Å²) in [6.45, 7) is 0.825. The van der Waals surface area contributed by atoms with Crippen LogP contribution in [0.25, 0.3) is 6.08 Å². The molecule has 0 radical (unpaired) electrons. The van der Waals surface area contributed by atoms with Crippen molar-refractivity contribution in [3.8, 4) is 0 Å². The highest BCUT2D eigenvalue weighted by atomic mass is 16.5. The van der Waals surface area contributed by atoms with E-state index in [1.165, 1.54) is 13.2 Å². The fourth-order valence-corrected chi connectivity index (χ4v) is 1.94. The first-order chi connectivity index (χ1) is 11.1. The summed E-state index contributed by atoms with van der Waals surface area (Å²) >= 11 is 0. The number of rotatable bonds is 7. The lowest BCUT2D eigenvalue weighted by molar-refractivity contribution is -0.122. The van der Waals surface area contributed by atoms with Crippen LogP contribution in [-0.4, -0.2) is 38.0 Å². The molecule has 0 atom stereocenters. The highest BCUT2D eigenvalue weighted by molar-refractivity contribution is 5.92. The van der Waals surface area contributed by atoms with Crippen LogP contribution in [0.4, 0.5) is 0 Å². The number of carbonyl (C=O) groups is 3. The van der Waals surface area contributed by atoms with E-state index in [1.807, 2.05) is 0 Å². The van der Waals surface area contributed by atoms with Crippen LogP contribution < -0.4 is 10.6 Å². The van der Waals surface area contributed by atoms with E-state index >= 15 is 0 Å². The fraction of sp³-hybridized carbons (Fsp3) is 0.353. The third kappa shape index (κ3) is 5.58. The van der Waals surface area contributed by atoms with Gasteiger partial charge in [-0.15, -0.1) is 0 Å². The van der Waals surface area contributed by atoms with Crippen molar-refractivity contribution >= 4 is 23.9 Å². The van der Waals surface area contributed by atoms with Crippen LogP contribution in [0.15, 0.2) is 30.3 Å². The third-order valence-electron chi connectivity index (χ3n) is 3.43. The van der Waals surface area contributed by atoms with Gasteiger partial charge in [0.15, 0.2) is 0 Å². The lowest BCUT2D eigenvalue weighted by Crippen LogP contribution is -2.34. The van der Waals surface area contributed by atoms with Crippen LogP contribution in [0.5, 0.6) is 0 Å². The minimum absolute atomic E-state index is 0.0699. The number of amides is 2. The molecule has 6 heteroatoms. The quantitative estimate of drug-likeness (QED) is 0.449. The Balaban J connectivity index is 1.70. The van der Waals surface area contributed by atoms with Crippen LogP contribution in [-0.2, 0) is 14.3 Å². The molecule has 0 saturated heterocycles. The second-order valence-electron chi connectivity index (χ2n) is 5.30. The first-order valence-corrected chi connectivity index (χ1v) is 7.52. The zero-order chi connectivity index (χ0) is 16.7. The zero-order valence-electron chi connectivity index (χ0n) is 13.0. The molecule has 0 unspecified atom stereocenters. The maximum atomic E-state index is 11.6. The predicted octanol–water partition coefficient (Wildman–Crippen LogP) is 1.13. The van der Waals surface area contributed by atoms with E-state index in [0.717, 1.165) is 18.4 Å². The number of methoxy groups -OCH3 is 1. The van der Waals surface area contributed by atoms with E-state index in [1.54, 1.807) is 30.3 Å². The van der Waals surface area contributed by atoms with Gasteiger partial charge in [-0.25, -0.2) is 4.79 Å². The number of hydrogen-bond donors (Lipinski definition) is 2. The Labute approximate surface area is 134 Å². The molecular formula is C17H20N2O4. The smallest absolute Gasteiger partial charge is 0.337 e. The van der Waals surface area contributed by atoms with Crippen LogP contribution in [0.1, 0.15) is 28.8 Å². The Kier molecular flexibility index (Phi) is 5.91. The fourth-order valence-electron chi connectivity index (χ4n) is 1.94. The molecule has 23 heavy (non-hydrogen) atoms. The number of esters is 1. The molecule has 0 heterocycles. The molecule has 2 N–H and O–H groups in total. The number of benzene rings is 1. The Morgan fingerprint density at radius 3 is 2.39 bits per heavy atom. The normalized spacial score (nSPS) is 13.6. The molecule has 0 aromatic heterocycles. The molecule has 0 bridgehead atoms. The monoisotopic (exact) mass is 316 g/mol. The van der Waals surface area contributed by atoms with Crippen molar-refractivity contribution in [2.75, 3.05) is 20.2 Å². The second-order valence-corrected chi connectivity index (χ2v) is 5.30. The third-order valence-corrected chi connectivity index (χ3v) is 3.43. The number of ether oxygens (including phenoxy) is 1. The molecule has 122 valence electrons. The molecule has 1 aliphatic rings. The first-order valence-electron chi connectivity index (χ1n) is 7.52. The average Bonchev–Trinajstić information content (AvgIpc) is 3.41. The summed E-state index contributed by atoms with van der Waals surface area (Å²) in [4.78, 5) is 34.3. The zero-order valence-corrected chi connectivity index (χ0v) is 13.0. The molecule has 2 amide bonds. The summed E-state index contributed by atoms with van der Waals surface area (Å²) in [5.41, 5.74) is 1.26. The maximum absolute atomic E-state index is 11.6. The van der Waals surface area contributed by atoms with E-state index < -0.39 is 5.97 Å². The van der Waals surface area contributed by atoms with Crippen molar-refractivity contribution in [3.05, 3.63) is 41.5 Å². The molecule has 1 aromatic rings.